The Labute approximate surface area is 147 Å². The number of benzene rings is 2. The van der Waals surface area contributed by atoms with Crippen LogP contribution in [0.25, 0.3) is 0 Å². The van der Waals surface area contributed by atoms with Crippen LogP contribution in [0.3, 0.4) is 0 Å². The van der Waals surface area contributed by atoms with Gasteiger partial charge in [0.1, 0.15) is 5.82 Å². The second kappa shape index (κ2) is 8.23. The standard InChI is InChI=1S/C20H23FN2O2/c21-18-8-4-5-16(13-18)15-22-9-11-23(12-10-22)20(25)14-19(24)17-6-2-1-3-7-17/h1-8,13,19,24H,9-12,14-15H2. The van der Waals surface area contributed by atoms with Crippen LogP contribution in [0.5, 0.6) is 0 Å². The molecule has 132 valence electrons. The Morgan fingerprint density at radius 1 is 1.04 bits per heavy atom. The number of nitrogens with zero attached hydrogens (tertiary/aromatic N) is 2. The van der Waals surface area contributed by atoms with Crippen LogP contribution in [0.15, 0.2) is 54.6 Å². The van der Waals surface area contributed by atoms with Crippen LogP contribution in [-0.4, -0.2) is 47.0 Å². The van der Waals surface area contributed by atoms with Crippen LogP contribution in [0.1, 0.15) is 23.7 Å². The highest BCUT2D eigenvalue weighted by Gasteiger charge is 2.23. The van der Waals surface area contributed by atoms with Crippen LogP contribution in [-0.2, 0) is 11.3 Å². The molecule has 25 heavy (non-hydrogen) atoms. The molecule has 1 aliphatic rings. The first-order valence-corrected chi connectivity index (χ1v) is 8.59. The minimum absolute atomic E-state index is 0.0261. The van der Waals surface area contributed by atoms with Crippen molar-refractivity contribution in [2.75, 3.05) is 26.2 Å². The lowest BCUT2D eigenvalue weighted by Gasteiger charge is -2.35. The smallest absolute Gasteiger partial charge is 0.225 e. The Bertz CT molecular complexity index is 700. The zero-order valence-corrected chi connectivity index (χ0v) is 14.1. The lowest BCUT2D eigenvalue weighted by Crippen LogP contribution is -2.48. The summed E-state index contributed by atoms with van der Waals surface area (Å²) in [7, 11) is 0. The average molecular weight is 342 g/mol. The number of amides is 1. The Hall–Kier alpha value is -2.24. The molecule has 2 aromatic rings. The first kappa shape index (κ1) is 17.6. The second-order valence-electron chi connectivity index (χ2n) is 6.42. The molecule has 1 amide bonds. The van der Waals surface area contributed by atoms with Crippen molar-refractivity contribution in [3.8, 4) is 0 Å². The number of halogens is 1. The quantitative estimate of drug-likeness (QED) is 0.908. The summed E-state index contributed by atoms with van der Waals surface area (Å²) in [5, 5.41) is 10.2. The molecule has 0 bridgehead atoms. The van der Waals surface area contributed by atoms with E-state index >= 15 is 0 Å². The van der Waals surface area contributed by atoms with Gasteiger partial charge in [-0.1, -0.05) is 42.5 Å². The monoisotopic (exact) mass is 342 g/mol. The minimum atomic E-state index is -0.765. The summed E-state index contributed by atoms with van der Waals surface area (Å²) in [5.41, 5.74) is 1.71. The fourth-order valence-corrected chi connectivity index (χ4v) is 3.14. The lowest BCUT2D eigenvalue weighted by atomic mass is 10.1. The SMILES string of the molecule is O=C(CC(O)c1ccccc1)N1CCN(Cc2cccc(F)c2)CC1. The molecule has 2 aromatic carbocycles. The highest BCUT2D eigenvalue weighted by Crippen LogP contribution is 2.18. The fraction of sp³-hybridized carbons (Fsp3) is 0.350. The van der Waals surface area contributed by atoms with Gasteiger partial charge in [-0.2, -0.15) is 0 Å². The molecule has 0 radical (unpaired) electrons. The molecule has 0 saturated carbocycles. The summed E-state index contributed by atoms with van der Waals surface area (Å²) in [6, 6.07) is 15.9. The van der Waals surface area contributed by atoms with Gasteiger partial charge < -0.3 is 10.0 Å². The topological polar surface area (TPSA) is 43.8 Å². The third-order valence-electron chi connectivity index (χ3n) is 4.57. The van der Waals surface area contributed by atoms with E-state index in [-0.39, 0.29) is 18.1 Å². The van der Waals surface area contributed by atoms with Gasteiger partial charge in [0.15, 0.2) is 0 Å². The predicted molar refractivity (Wildman–Crippen MR) is 94.3 cm³/mol. The van der Waals surface area contributed by atoms with Gasteiger partial charge >= 0.3 is 0 Å². The third-order valence-corrected chi connectivity index (χ3v) is 4.57. The van der Waals surface area contributed by atoms with Crippen molar-refractivity contribution in [3.05, 3.63) is 71.5 Å². The zero-order valence-electron chi connectivity index (χ0n) is 14.1. The zero-order chi connectivity index (χ0) is 17.6. The maximum Gasteiger partial charge on any atom is 0.225 e. The molecular formula is C20H23FN2O2. The minimum Gasteiger partial charge on any atom is -0.388 e. The number of rotatable bonds is 5. The summed E-state index contributed by atoms with van der Waals surface area (Å²) < 4.78 is 13.3. The molecule has 0 aromatic heterocycles. The molecule has 4 nitrogen and oxygen atoms in total. The summed E-state index contributed by atoms with van der Waals surface area (Å²) >= 11 is 0. The van der Waals surface area contributed by atoms with Gasteiger partial charge in [0.25, 0.3) is 0 Å². The van der Waals surface area contributed by atoms with Gasteiger partial charge in [-0.15, -0.1) is 0 Å². The van der Waals surface area contributed by atoms with Gasteiger partial charge in [-0.3, -0.25) is 9.69 Å². The summed E-state index contributed by atoms with van der Waals surface area (Å²) in [6.45, 7) is 3.46. The molecule has 1 fully saturated rings. The van der Waals surface area contributed by atoms with Crippen molar-refractivity contribution < 1.29 is 14.3 Å². The maximum absolute atomic E-state index is 13.3. The van der Waals surface area contributed by atoms with Crippen molar-refractivity contribution in [1.82, 2.24) is 9.80 Å². The molecule has 1 saturated heterocycles. The van der Waals surface area contributed by atoms with Crippen LogP contribution >= 0.6 is 0 Å². The van der Waals surface area contributed by atoms with Gasteiger partial charge in [-0.25, -0.2) is 4.39 Å². The number of hydrogen-bond donors (Lipinski definition) is 1. The second-order valence-corrected chi connectivity index (χ2v) is 6.42. The highest BCUT2D eigenvalue weighted by atomic mass is 19.1. The Balaban J connectivity index is 1.47. The van der Waals surface area contributed by atoms with Crippen LogP contribution in [0, 0.1) is 5.82 Å². The Kier molecular flexibility index (Phi) is 5.79. The molecule has 1 N–H and O–H groups in total. The van der Waals surface area contributed by atoms with Crippen molar-refractivity contribution >= 4 is 5.91 Å². The van der Waals surface area contributed by atoms with E-state index in [1.54, 1.807) is 17.0 Å². The van der Waals surface area contributed by atoms with E-state index in [0.717, 1.165) is 24.2 Å². The average Bonchev–Trinajstić information content (AvgIpc) is 2.63. The maximum atomic E-state index is 13.3. The normalized spacial score (nSPS) is 16.6. The predicted octanol–water partition coefficient (Wildman–Crippen LogP) is 2.59. The lowest BCUT2D eigenvalue weighted by molar-refractivity contribution is -0.135. The van der Waals surface area contributed by atoms with Crippen molar-refractivity contribution in [3.63, 3.8) is 0 Å². The molecule has 1 unspecified atom stereocenters. The molecule has 5 heteroatoms. The number of aliphatic hydroxyl groups excluding tert-OH is 1. The number of hydrogen-bond acceptors (Lipinski definition) is 3. The molecular weight excluding hydrogens is 319 g/mol. The van der Waals surface area contributed by atoms with Crippen LogP contribution in [0.2, 0.25) is 0 Å². The first-order valence-electron chi connectivity index (χ1n) is 8.59. The van der Waals surface area contributed by atoms with Gasteiger partial charge in [0.2, 0.25) is 5.91 Å². The fourth-order valence-electron chi connectivity index (χ4n) is 3.14. The van der Waals surface area contributed by atoms with Crippen molar-refractivity contribution in [2.24, 2.45) is 0 Å². The van der Waals surface area contributed by atoms with Crippen molar-refractivity contribution in [2.45, 2.75) is 19.1 Å². The van der Waals surface area contributed by atoms with Gasteiger partial charge in [0, 0.05) is 32.7 Å². The molecule has 0 spiro atoms. The molecule has 1 aliphatic heterocycles. The van der Waals surface area contributed by atoms with E-state index in [1.807, 2.05) is 36.4 Å². The molecule has 0 aliphatic carbocycles. The Morgan fingerprint density at radius 3 is 2.44 bits per heavy atom. The largest absolute Gasteiger partial charge is 0.388 e. The number of carbonyl (C=O) groups excluding carboxylic acids is 1. The number of carbonyl (C=O) groups is 1. The molecule has 3 rings (SSSR count). The van der Waals surface area contributed by atoms with E-state index in [1.165, 1.54) is 6.07 Å². The Morgan fingerprint density at radius 2 is 1.76 bits per heavy atom. The summed E-state index contributed by atoms with van der Waals surface area (Å²) in [5.74, 6) is -0.247. The van der Waals surface area contributed by atoms with E-state index in [4.69, 9.17) is 0 Å². The van der Waals surface area contributed by atoms with E-state index in [9.17, 15) is 14.3 Å². The number of aliphatic hydroxyl groups is 1. The highest BCUT2D eigenvalue weighted by molar-refractivity contribution is 5.77. The van der Waals surface area contributed by atoms with E-state index < -0.39 is 6.10 Å². The molecule has 1 heterocycles. The van der Waals surface area contributed by atoms with Crippen LogP contribution < -0.4 is 0 Å². The van der Waals surface area contributed by atoms with E-state index in [2.05, 4.69) is 4.90 Å². The van der Waals surface area contributed by atoms with Crippen molar-refractivity contribution in [1.29, 1.82) is 0 Å². The van der Waals surface area contributed by atoms with Gasteiger partial charge in [0.05, 0.1) is 12.5 Å². The summed E-state index contributed by atoms with van der Waals surface area (Å²) in [6.07, 6.45) is -0.660. The molecule has 1 atom stereocenters. The van der Waals surface area contributed by atoms with E-state index in [0.29, 0.717) is 19.6 Å². The van der Waals surface area contributed by atoms with Gasteiger partial charge in [-0.05, 0) is 23.3 Å². The third kappa shape index (κ3) is 4.87. The summed E-state index contributed by atoms with van der Waals surface area (Å²) in [4.78, 5) is 16.4. The van der Waals surface area contributed by atoms with Crippen LogP contribution in [0.4, 0.5) is 4.39 Å². The first-order chi connectivity index (χ1) is 12.1. The number of piperazine rings is 1.